The van der Waals surface area contributed by atoms with Crippen LogP contribution < -0.4 is 20.1 Å². The highest BCUT2D eigenvalue weighted by molar-refractivity contribution is 5.89. The molecule has 206 valence electrons. The molecule has 0 bridgehead atoms. The number of methoxy groups -OCH3 is 2. The fourth-order valence-corrected chi connectivity index (χ4v) is 6.90. The SMILES string of the molecule is COc1ccc(C23CCC(NC(=O)Nc4cc(F)ccc4F)CC2N(C2CCN(C)CC2)CC3)cc1OC. The summed E-state index contributed by atoms with van der Waals surface area (Å²) in [6.45, 7) is 3.18. The molecule has 3 fully saturated rings. The van der Waals surface area contributed by atoms with Crippen molar-refractivity contribution in [2.24, 2.45) is 0 Å². The zero-order valence-corrected chi connectivity index (χ0v) is 22.4. The average molecular weight is 529 g/mol. The van der Waals surface area contributed by atoms with Gasteiger partial charge in [-0.1, -0.05) is 6.07 Å². The molecule has 2 aromatic carbocycles. The number of hydrogen-bond donors (Lipinski definition) is 2. The number of rotatable bonds is 6. The number of carbonyl (C=O) groups is 1. The molecule has 5 rings (SSSR count). The molecule has 0 aromatic heterocycles. The van der Waals surface area contributed by atoms with Gasteiger partial charge in [0.2, 0.25) is 0 Å². The molecular weight excluding hydrogens is 490 g/mol. The van der Waals surface area contributed by atoms with E-state index in [4.69, 9.17) is 9.47 Å². The Hall–Kier alpha value is -2.91. The lowest BCUT2D eigenvalue weighted by molar-refractivity contribution is 0.0673. The number of likely N-dealkylation sites (tertiary alicyclic amines) is 2. The molecule has 3 unspecified atom stereocenters. The van der Waals surface area contributed by atoms with E-state index in [0.717, 1.165) is 82.1 Å². The molecule has 3 atom stereocenters. The molecule has 7 nitrogen and oxygen atoms in total. The second-order valence-corrected chi connectivity index (χ2v) is 11.0. The van der Waals surface area contributed by atoms with Gasteiger partial charge < -0.3 is 25.0 Å². The summed E-state index contributed by atoms with van der Waals surface area (Å²) < 4.78 is 38.8. The number of amides is 2. The van der Waals surface area contributed by atoms with Gasteiger partial charge in [0, 0.05) is 29.6 Å². The Labute approximate surface area is 223 Å². The Bertz CT molecular complexity index is 1160. The fraction of sp³-hybridized carbons (Fsp3) is 0.552. The van der Waals surface area contributed by atoms with Gasteiger partial charge in [0.25, 0.3) is 0 Å². The summed E-state index contributed by atoms with van der Waals surface area (Å²) in [4.78, 5) is 17.9. The first-order valence-electron chi connectivity index (χ1n) is 13.5. The Morgan fingerprint density at radius 3 is 2.47 bits per heavy atom. The van der Waals surface area contributed by atoms with Crippen LogP contribution in [0.3, 0.4) is 0 Å². The van der Waals surface area contributed by atoms with E-state index in [9.17, 15) is 13.6 Å². The van der Waals surface area contributed by atoms with Crippen molar-refractivity contribution in [2.45, 2.75) is 62.1 Å². The minimum Gasteiger partial charge on any atom is -0.493 e. The van der Waals surface area contributed by atoms with Crippen molar-refractivity contribution in [1.29, 1.82) is 0 Å². The molecule has 9 heteroatoms. The van der Waals surface area contributed by atoms with E-state index in [-0.39, 0.29) is 23.2 Å². The number of hydrogen-bond acceptors (Lipinski definition) is 5. The minimum absolute atomic E-state index is 0.0494. The topological polar surface area (TPSA) is 66.1 Å². The molecule has 2 aliphatic heterocycles. The quantitative estimate of drug-likeness (QED) is 0.566. The van der Waals surface area contributed by atoms with Crippen LogP contribution in [-0.4, -0.2) is 74.9 Å². The molecule has 3 aliphatic rings. The lowest BCUT2D eigenvalue weighted by Gasteiger charge is -2.48. The zero-order chi connectivity index (χ0) is 26.9. The largest absolute Gasteiger partial charge is 0.493 e. The smallest absolute Gasteiger partial charge is 0.319 e. The molecule has 0 radical (unpaired) electrons. The number of benzene rings is 2. The molecule has 0 spiro atoms. The van der Waals surface area contributed by atoms with Crippen LogP contribution in [0.25, 0.3) is 0 Å². The first-order valence-corrected chi connectivity index (χ1v) is 13.5. The van der Waals surface area contributed by atoms with Crippen LogP contribution in [0.4, 0.5) is 19.3 Å². The Morgan fingerprint density at radius 2 is 1.74 bits per heavy atom. The van der Waals surface area contributed by atoms with E-state index < -0.39 is 17.7 Å². The highest BCUT2D eigenvalue weighted by atomic mass is 19.1. The molecule has 1 aliphatic carbocycles. The van der Waals surface area contributed by atoms with E-state index in [1.54, 1.807) is 14.2 Å². The van der Waals surface area contributed by atoms with E-state index in [1.165, 1.54) is 5.56 Å². The second kappa shape index (κ2) is 11.1. The number of nitrogens with zero attached hydrogens (tertiary/aromatic N) is 2. The monoisotopic (exact) mass is 528 g/mol. The Balaban J connectivity index is 1.38. The fourth-order valence-electron chi connectivity index (χ4n) is 6.90. The van der Waals surface area contributed by atoms with Crippen molar-refractivity contribution < 1.29 is 23.0 Å². The van der Waals surface area contributed by atoms with Crippen molar-refractivity contribution in [3.63, 3.8) is 0 Å². The third-order valence-corrected chi connectivity index (χ3v) is 8.93. The van der Waals surface area contributed by atoms with Gasteiger partial charge in [-0.3, -0.25) is 4.90 Å². The number of nitrogens with one attached hydrogen (secondary N) is 2. The van der Waals surface area contributed by atoms with Crippen LogP contribution in [0.15, 0.2) is 36.4 Å². The van der Waals surface area contributed by atoms with Gasteiger partial charge in [-0.25, -0.2) is 13.6 Å². The first-order chi connectivity index (χ1) is 18.3. The van der Waals surface area contributed by atoms with Crippen LogP contribution in [0.5, 0.6) is 11.5 Å². The van der Waals surface area contributed by atoms with Crippen LogP contribution in [0.1, 0.15) is 44.1 Å². The average Bonchev–Trinajstić information content (AvgIpc) is 3.30. The molecule has 1 saturated carbocycles. The van der Waals surface area contributed by atoms with E-state index >= 15 is 0 Å². The van der Waals surface area contributed by atoms with Gasteiger partial charge in [-0.15, -0.1) is 0 Å². The summed E-state index contributed by atoms with van der Waals surface area (Å²) in [5.41, 5.74) is 1.04. The van der Waals surface area contributed by atoms with Crippen molar-refractivity contribution in [1.82, 2.24) is 15.1 Å². The van der Waals surface area contributed by atoms with E-state index in [0.29, 0.717) is 11.8 Å². The first kappa shape index (κ1) is 26.7. The summed E-state index contributed by atoms with van der Waals surface area (Å²) in [7, 11) is 5.49. The molecular formula is C29H38F2N4O3. The summed E-state index contributed by atoms with van der Waals surface area (Å²) in [5.74, 6) is 0.180. The maximum atomic E-state index is 14.1. The van der Waals surface area contributed by atoms with Gasteiger partial charge >= 0.3 is 6.03 Å². The summed E-state index contributed by atoms with van der Waals surface area (Å²) in [6, 6.07) is 9.49. The van der Waals surface area contributed by atoms with Crippen LogP contribution in [0.2, 0.25) is 0 Å². The molecule has 2 aromatic rings. The van der Waals surface area contributed by atoms with E-state index in [1.807, 2.05) is 6.07 Å². The van der Waals surface area contributed by atoms with Crippen molar-refractivity contribution >= 4 is 11.7 Å². The predicted molar refractivity (Wildman–Crippen MR) is 143 cm³/mol. The maximum absolute atomic E-state index is 14.1. The minimum atomic E-state index is -0.665. The van der Waals surface area contributed by atoms with Gasteiger partial charge in [0.15, 0.2) is 11.5 Å². The Morgan fingerprint density at radius 1 is 0.974 bits per heavy atom. The number of fused-ring (bicyclic) bond motifs is 1. The molecule has 2 heterocycles. The predicted octanol–water partition coefficient (Wildman–Crippen LogP) is 4.76. The molecule has 2 N–H and O–H groups in total. The van der Waals surface area contributed by atoms with Crippen LogP contribution in [-0.2, 0) is 5.41 Å². The highest BCUT2D eigenvalue weighted by Crippen LogP contribution is 2.51. The number of piperidine rings is 1. The highest BCUT2D eigenvalue weighted by Gasteiger charge is 2.53. The second-order valence-electron chi connectivity index (χ2n) is 11.0. The Kier molecular flexibility index (Phi) is 7.77. The lowest BCUT2D eigenvalue weighted by atomic mass is 9.65. The summed E-state index contributed by atoms with van der Waals surface area (Å²) >= 11 is 0. The number of anilines is 1. The molecule has 2 amide bonds. The standard InChI is InChI=1S/C29H38F2N4O3/c1-34-13-9-22(10-14-34)35-15-12-29(19-4-7-25(37-2)26(16-19)38-3)11-8-21(18-27(29)35)32-28(36)33-24-17-20(30)5-6-23(24)31/h4-7,16-17,21-22,27H,8-15,18H2,1-3H3,(H2,32,33,36). The summed E-state index contributed by atoms with van der Waals surface area (Å²) in [5, 5.41) is 5.54. The van der Waals surface area contributed by atoms with E-state index in [2.05, 4.69) is 39.6 Å². The lowest BCUT2D eigenvalue weighted by Crippen LogP contribution is -2.56. The zero-order valence-electron chi connectivity index (χ0n) is 22.4. The number of halogens is 2. The van der Waals surface area contributed by atoms with Gasteiger partial charge in [-0.05, 0) is 95.0 Å². The normalized spacial score (nSPS) is 26.6. The van der Waals surface area contributed by atoms with Crippen LogP contribution in [0, 0.1) is 11.6 Å². The molecule has 2 saturated heterocycles. The van der Waals surface area contributed by atoms with Crippen molar-refractivity contribution in [3.05, 3.63) is 53.6 Å². The maximum Gasteiger partial charge on any atom is 0.319 e. The number of ether oxygens (including phenoxy) is 2. The molecule has 38 heavy (non-hydrogen) atoms. The van der Waals surface area contributed by atoms with Gasteiger partial charge in [-0.2, -0.15) is 0 Å². The summed E-state index contributed by atoms with van der Waals surface area (Å²) in [6.07, 6.45) is 5.81. The van der Waals surface area contributed by atoms with Crippen LogP contribution >= 0.6 is 0 Å². The van der Waals surface area contributed by atoms with Gasteiger partial charge in [0.05, 0.1) is 19.9 Å². The van der Waals surface area contributed by atoms with Gasteiger partial charge in [0.1, 0.15) is 11.6 Å². The third-order valence-electron chi connectivity index (χ3n) is 8.93. The van der Waals surface area contributed by atoms with Crippen molar-refractivity contribution in [2.75, 3.05) is 46.2 Å². The third kappa shape index (κ3) is 5.18. The van der Waals surface area contributed by atoms with Crippen molar-refractivity contribution in [3.8, 4) is 11.5 Å². The number of urea groups is 1. The number of carbonyl (C=O) groups excluding carboxylic acids is 1.